The van der Waals surface area contributed by atoms with E-state index in [1.807, 2.05) is 5.32 Å². The lowest BCUT2D eigenvalue weighted by atomic mass is 10.3. The molecule has 0 fully saturated rings. The smallest absolute Gasteiger partial charge is 0.361 e. The molecule has 0 saturated carbocycles. The zero-order valence-corrected chi connectivity index (χ0v) is 8.99. The van der Waals surface area contributed by atoms with Crippen molar-refractivity contribution >= 4 is 17.6 Å². The molecule has 0 aliphatic rings. The third kappa shape index (κ3) is 3.72. The molecule has 18 heavy (non-hydrogen) atoms. The van der Waals surface area contributed by atoms with Crippen LogP contribution in [-0.4, -0.2) is 28.2 Å². The maximum atomic E-state index is 11.2. The molecule has 0 heterocycles. The van der Waals surface area contributed by atoms with Gasteiger partial charge >= 0.3 is 5.97 Å². The van der Waals surface area contributed by atoms with Gasteiger partial charge in [-0.3, -0.25) is 15.5 Å². The van der Waals surface area contributed by atoms with Crippen molar-refractivity contribution in [3.8, 4) is 5.75 Å². The summed E-state index contributed by atoms with van der Waals surface area (Å²) in [7, 11) is 0. The van der Waals surface area contributed by atoms with E-state index in [9.17, 15) is 20.0 Å². The van der Waals surface area contributed by atoms with Crippen molar-refractivity contribution in [1.82, 2.24) is 5.32 Å². The molecule has 5 N–H and O–H groups in total. The minimum atomic E-state index is -1.78. The van der Waals surface area contributed by atoms with Crippen molar-refractivity contribution in [2.24, 2.45) is 5.73 Å². The predicted molar refractivity (Wildman–Crippen MR) is 59.8 cm³/mol. The highest BCUT2D eigenvalue weighted by atomic mass is 16.6. The van der Waals surface area contributed by atoms with Crippen LogP contribution in [0.1, 0.15) is 0 Å². The number of carbonyl (C=O) groups is 1. The second-order valence-electron chi connectivity index (χ2n) is 3.13. The zero-order valence-electron chi connectivity index (χ0n) is 8.99. The van der Waals surface area contributed by atoms with Crippen LogP contribution in [0.25, 0.3) is 0 Å². The van der Waals surface area contributed by atoms with E-state index in [-0.39, 0.29) is 11.4 Å². The molecule has 0 aliphatic carbocycles. The molecule has 0 aliphatic heterocycles. The first-order chi connectivity index (χ1) is 8.40. The normalized spacial score (nSPS) is 11.4. The van der Waals surface area contributed by atoms with Crippen LogP contribution in [0.15, 0.2) is 24.3 Å². The molecular formula is C9H10N4O5. The summed E-state index contributed by atoms with van der Waals surface area (Å²) in [5, 5.41) is 28.3. The molecule has 9 heteroatoms. The lowest BCUT2D eigenvalue weighted by molar-refractivity contribution is -0.384. The van der Waals surface area contributed by atoms with E-state index in [4.69, 9.17) is 11.1 Å². The number of nitrogens with one attached hydrogen (secondary N) is 2. The Morgan fingerprint density at radius 3 is 2.50 bits per heavy atom. The molecule has 0 radical (unpaired) electrons. The van der Waals surface area contributed by atoms with E-state index in [0.717, 1.165) is 12.1 Å². The van der Waals surface area contributed by atoms with Gasteiger partial charge in [-0.2, -0.15) is 0 Å². The van der Waals surface area contributed by atoms with Crippen LogP contribution < -0.4 is 15.8 Å². The molecule has 1 aromatic carbocycles. The first kappa shape index (κ1) is 13.4. The van der Waals surface area contributed by atoms with Gasteiger partial charge in [-0.1, -0.05) is 0 Å². The summed E-state index contributed by atoms with van der Waals surface area (Å²) in [5.74, 6) is -1.66. The van der Waals surface area contributed by atoms with Crippen LogP contribution in [0, 0.1) is 15.5 Å². The van der Waals surface area contributed by atoms with Gasteiger partial charge in [-0.15, -0.1) is 0 Å². The maximum absolute atomic E-state index is 11.2. The number of nitrogens with two attached hydrogens (primary N) is 1. The van der Waals surface area contributed by atoms with Gasteiger partial charge in [-0.05, 0) is 12.1 Å². The Morgan fingerprint density at radius 1 is 1.50 bits per heavy atom. The number of ether oxygens (including phenoxy) is 1. The Hall–Kier alpha value is -2.68. The largest absolute Gasteiger partial charge is 0.423 e. The zero-order chi connectivity index (χ0) is 13.7. The number of hydrogen-bond donors (Lipinski definition) is 4. The number of aliphatic hydroxyl groups excluding tert-OH is 1. The fourth-order valence-electron chi connectivity index (χ4n) is 1.01. The lowest BCUT2D eigenvalue weighted by Crippen LogP contribution is -2.45. The lowest BCUT2D eigenvalue weighted by Gasteiger charge is -2.11. The summed E-state index contributed by atoms with van der Waals surface area (Å²) in [4.78, 5) is 21.0. The van der Waals surface area contributed by atoms with Crippen LogP contribution in [0.2, 0.25) is 0 Å². The molecule has 1 aromatic rings. The van der Waals surface area contributed by atoms with Crippen molar-refractivity contribution in [2.45, 2.75) is 6.23 Å². The Labute approximate surface area is 101 Å². The van der Waals surface area contributed by atoms with Gasteiger partial charge in [0.15, 0.2) is 5.96 Å². The summed E-state index contributed by atoms with van der Waals surface area (Å²) in [6.45, 7) is 0. The quantitative estimate of drug-likeness (QED) is 0.105. The number of nitro benzene ring substituents is 1. The molecule has 0 saturated heterocycles. The molecule has 0 amide bonds. The number of nitro groups is 1. The molecule has 0 bridgehead atoms. The van der Waals surface area contributed by atoms with Crippen molar-refractivity contribution in [3.63, 3.8) is 0 Å². The van der Waals surface area contributed by atoms with Gasteiger partial charge < -0.3 is 20.9 Å². The highest BCUT2D eigenvalue weighted by Crippen LogP contribution is 2.17. The first-order valence-electron chi connectivity index (χ1n) is 4.65. The minimum absolute atomic E-state index is 0.0232. The monoisotopic (exact) mass is 254 g/mol. The van der Waals surface area contributed by atoms with E-state index in [1.54, 1.807) is 0 Å². The summed E-state index contributed by atoms with van der Waals surface area (Å²) < 4.78 is 4.69. The van der Waals surface area contributed by atoms with Crippen LogP contribution in [-0.2, 0) is 4.79 Å². The highest BCUT2D eigenvalue weighted by molar-refractivity contribution is 5.83. The predicted octanol–water partition coefficient (Wildman–Crippen LogP) is -0.698. The minimum Gasteiger partial charge on any atom is -0.423 e. The Bertz CT molecular complexity index is 472. The number of aliphatic hydroxyl groups is 1. The van der Waals surface area contributed by atoms with Crippen LogP contribution in [0.5, 0.6) is 5.75 Å². The Balaban J connectivity index is 2.64. The average molecular weight is 254 g/mol. The molecule has 0 spiro atoms. The summed E-state index contributed by atoms with van der Waals surface area (Å²) >= 11 is 0. The summed E-state index contributed by atoms with van der Waals surface area (Å²) in [6.07, 6.45) is -1.78. The van der Waals surface area contributed by atoms with Crippen molar-refractivity contribution in [2.75, 3.05) is 0 Å². The molecule has 1 unspecified atom stereocenters. The third-order valence-electron chi connectivity index (χ3n) is 1.78. The van der Waals surface area contributed by atoms with E-state index in [0.29, 0.717) is 0 Å². The summed E-state index contributed by atoms with van der Waals surface area (Å²) in [6, 6.07) is 4.70. The number of non-ortho nitro benzene ring substituents is 1. The second-order valence-corrected chi connectivity index (χ2v) is 3.13. The standard InChI is InChI=1S/C9H10N4O5/c10-9(11)12-7(14)8(15)18-6-3-1-5(2-4-6)13(16)17/h1-4,7,14H,(H4,10,11,12). The third-order valence-corrected chi connectivity index (χ3v) is 1.78. The Morgan fingerprint density at radius 2 is 2.06 bits per heavy atom. The first-order valence-corrected chi connectivity index (χ1v) is 4.65. The molecule has 1 rings (SSSR count). The van der Waals surface area contributed by atoms with E-state index in [2.05, 4.69) is 4.74 Å². The van der Waals surface area contributed by atoms with Gasteiger partial charge in [0.25, 0.3) is 5.69 Å². The second kappa shape index (κ2) is 5.59. The van der Waals surface area contributed by atoms with Crippen molar-refractivity contribution < 1.29 is 19.6 Å². The van der Waals surface area contributed by atoms with Gasteiger partial charge in [0.05, 0.1) is 4.92 Å². The highest BCUT2D eigenvalue weighted by Gasteiger charge is 2.18. The SMILES string of the molecule is N=C(N)NC(O)C(=O)Oc1ccc([N+](=O)[O-])cc1. The van der Waals surface area contributed by atoms with Gasteiger partial charge in [0.1, 0.15) is 5.75 Å². The van der Waals surface area contributed by atoms with Crippen LogP contribution in [0.4, 0.5) is 5.69 Å². The fraction of sp³-hybridized carbons (Fsp3) is 0.111. The molecule has 0 aromatic heterocycles. The number of rotatable bonds is 4. The fourth-order valence-corrected chi connectivity index (χ4v) is 1.01. The topological polar surface area (TPSA) is 152 Å². The van der Waals surface area contributed by atoms with Gasteiger partial charge in [0, 0.05) is 12.1 Å². The number of hydrogen-bond acceptors (Lipinski definition) is 6. The number of benzene rings is 1. The van der Waals surface area contributed by atoms with Crippen molar-refractivity contribution in [1.29, 1.82) is 5.41 Å². The number of esters is 1. The molecule has 1 atom stereocenters. The Kier molecular flexibility index (Phi) is 4.16. The molecular weight excluding hydrogens is 244 g/mol. The van der Waals surface area contributed by atoms with E-state index < -0.39 is 23.1 Å². The van der Waals surface area contributed by atoms with E-state index in [1.165, 1.54) is 12.1 Å². The van der Waals surface area contributed by atoms with Crippen molar-refractivity contribution in [3.05, 3.63) is 34.4 Å². The average Bonchev–Trinajstić information content (AvgIpc) is 2.28. The van der Waals surface area contributed by atoms with Crippen LogP contribution >= 0.6 is 0 Å². The number of carbonyl (C=O) groups excluding carboxylic acids is 1. The molecule has 9 nitrogen and oxygen atoms in total. The summed E-state index contributed by atoms with van der Waals surface area (Å²) in [5.41, 5.74) is 4.75. The van der Waals surface area contributed by atoms with Crippen LogP contribution in [0.3, 0.4) is 0 Å². The van der Waals surface area contributed by atoms with Gasteiger partial charge in [-0.25, -0.2) is 4.79 Å². The molecule has 96 valence electrons. The number of nitrogens with zero attached hydrogens (tertiary/aromatic N) is 1. The maximum Gasteiger partial charge on any atom is 0.361 e. The number of guanidine groups is 1. The van der Waals surface area contributed by atoms with Gasteiger partial charge in [0.2, 0.25) is 6.23 Å². The van der Waals surface area contributed by atoms with E-state index >= 15 is 0 Å².